The lowest BCUT2D eigenvalue weighted by atomic mass is 9.99. The summed E-state index contributed by atoms with van der Waals surface area (Å²) >= 11 is 0. The molecule has 8 heteroatoms. The van der Waals surface area contributed by atoms with E-state index >= 15 is 0 Å². The number of Topliss-reactive ketones (excluding diaryl/α,β-unsaturated/α-hetero) is 1. The number of aliphatic hydroxyl groups is 1. The molecule has 4 atom stereocenters. The van der Waals surface area contributed by atoms with Gasteiger partial charge in [0.05, 0.1) is 18.1 Å². The highest BCUT2D eigenvalue weighted by Gasteiger charge is 2.30. The van der Waals surface area contributed by atoms with E-state index in [1.165, 1.54) is 13.8 Å². The molecule has 25 heavy (non-hydrogen) atoms. The summed E-state index contributed by atoms with van der Waals surface area (Å²) in [7, 11) is 0. The van der Waals surface area contributed by atoms with E-state index in [0.29, 0.717) is 6.42 Å². The highest BCUT2D eigenvalue weighted by atomic mass is 16.3. The van der Waals surface area contributed by atoms with Gasteiger partial charge < -0.3 is 27.2 Å². The Hall–Kier alpha value is -1.51. The third-order valence-electron chi connectivity index (χ3n) is 4.17. The molecule has 1 unspecified atom stereocenters. The maximum absolute atomic E-state index is 12.4. The molecule has 8 nitrogen and oxygen atoms in total. The second kappa shape index (κ2) is 12.8. The number of aliphatic hydroxyl groups excluding tert-OH is 1. The van der Waals surface area contributed by atoms with Crippen molar-refractivity contribution in [2.24, 2.45) is 17.4 Å². The second-order valence-corrected chi connectivity index (χ2v) is 6.42. The van der Waals surface area contributed by atoms with Crippen molar-refractivity contribution in [3.05, 3.63) is 0 Å². The predicted octanol–water partition coefficient (Wildman–Crippen LogP) is -0.570. The Labute approximate surface area is 150 Å². The van der Waals surface area contributed by atoms with Crippen LogP contribution in [0.2, 0.25) is 0 Å². The lowest BCUT2D eigenvalue weighted by molar-refractivity contribution is -0.134. The summed E-state index contributed by atoms with van der Waals surface area (Å²) in [5.41, 5.74) is 11.1. The zero-order valence-electron chi connectivity index (χ0n) is 15.6. The Morgan fingerprint density at radius 2 is 1.64 bits per heavy atom. The summed E-state index contributed by atoms with van der Waals surface area (Å²) in [5, 5.41) is 14.8. The molecule has 0 saturated carbocycles. The van der Waals surface area contributed by atoms with Crippen LogP contribution in [0.15, 0.2) is 0 Å². The number of ketones is 1. The Kier molecular flexibility index (Phi) is 12.0. The third-order valence-corrected chi connectivity index (χ3v) is 4.17. The Bertz CT molecular complexity index is 429. The number of unbranched alkanes of at least 4 members (excludes halogenated alkanes) is 3. The lowest BCUT2D eigenvalue weighted by Gasteiger charge is -2.25. The number of rotatable bonds is 13. The first kappa shape index (κ1) is 23.5. The van der Waals surface area contributed by atoms with Gasteiger partial charge in [0, 0.05) is 13.1 Å². The van der Waals surface area contributed by atoms with Crippen LogP contribution in [0, 0.1) is 5.92 Å². The summed E-state index contributed by atoms with van der Waals surface area (Å²) in [6, 6.07) is -2.00. The van der Waals surface area contributed by atoms with Gasteiger partial charge >= 0.3 is 0 Å². The first-order valence-corrected chi connectivity index (χ1v) is 8.97. The smallest absolute Gasteiger partial charge is 0.245 e. The molecule has 146 valence electrons. The van der Waals surface area contributed by atoms with Crippen molar-refractivity contribution < 1.29 is 19.5 Å². The Morgan fingerprint density at radius 3 is 2.08 bits per heavy atom. The molecule has 0 bridgehead atoms. The fourth-order valence-corrected chi connectivity index (χ4v) is 2.44. The molecule has 7 N–H and O–H groups in total. The van der Waals surface area contributed by atoms with Crippen molar-refractivity contribution in [2.45, 2.75) is 71.1 Å². The molecule has 0 spiro atoms. The van der Waals surface area contributed by atoms with Gasteiger partial charge in [-0.25, -0.2) is 0 Å². The molecule has 0 aliphatic carbocycles. The van der Waals surface area contributed by atoms with E-state index in [1.54, 1.807) is 0 Å². The summed E-state index contributed by atoms with van der Waals surface area (Å²) in [5.74, 6) is -1.71. The number of hydrogen-bond donors (Lipinski definition) is 5. The van der Waals surface area contributed by atoms with Crippen LogP contribution >= 0.6 is 0 Å². The number of carbonyl (C=O) groups excluding carboxylic acids is 3. The van der Waals surface area contributed by atoms with Crippen LogP contribution in [0.25, 0.3) is 0 Å². The number of nitrogens with one attached hydrogen (secondary N) is 2. The third kappa shape index (κ3) is 8.94. The van der Waals surface area contributed by atoms with Crippen molar-refractivity contribution in [3.8, 4) is 0 Å². The molecule has 0 aromatic rings. The molecule has 0 radical (unpaired) electrons. The highest BCUT2D eigenvalue weighted by Crippen LogP contribution is 2.11. The quantitative estimate of drug-likeness (QED) is 0.279. The zero-order valence-corrected chi connectivity index (χ0v) is 15.6. The molecule has 2 amide bonds. The van der Waals surface area contributed by atoms with Gasteiger partial charge in [0.2, 0.25) is 11.8 Å². The van der Waals surface area contributed by atoms with Crippen molar-refractivity contribution >= 4 is 17.6 Å². The van der Waals surface area contributed by atoms with Gasteiger partial charge in [0.1, 0.15) is 6.04 Å². The molecular weight excluding hydrogens is 324 g/mol. The predicted molar refractivity (Wildman–Crippen MR) is 96.6 cm³/mol. The average molecular weight is 358 g/mol. The minimum absolute atomic E-state index is 0.0512. The van der Waals surface area contributed by atoms with Crippen molar-refractivity contribution in [2.75, 3.05) is 13.1 Å². The number of hydrogen-bond acceptors (Lipinski definition) is 6. The maximum atomic E-state index is 12.4. The van der Waals surface area contributed by atoms with Crippen LogP contribution < -0.4 is 22.1 Å². The molecule has 0 aromatic carbocycles. The average Bonchev–Trinajstić information content (AvgIpc) is 2.56. The monoisotopic (exact) mass is 358 g/mol. The van der Waals surface area contributed by atoms with Gasteiger partial charge in [-0.3, -0.25) is 14.4 Å². The standard InChI is InChI=1S/C17H34N4O4/c1-4-5-6-7-8-13(9-18)16(24)21-15(12(3)23)17(25)20-14(10-19)11(2)22/h12-15,23H,4-10,18-19H2,1-3H3,(H,20,25)(H,21,24)/t12-,13?,14+,15-/m0/s1. The van der Waals surface area contributed by atoms with Crippen LogP contribution in [-0.4, -0.2) is 54.0 Å². The molecule has 0 rings (SSSR count). The van der Waals surface area contributed by atoms with Crippen LogP contribution in [0.5, 0.6) is 0 Å². The van der Waals surface area contributed by atoms with Crippen molar-refractivity contribution in [1.82, 2.24) is 10.6 Å². The van der Waals surface area contributed by atoms with Crippen LogP contribution in [0.3, 0.4) is 0 Å². The minimum Gasteiger partial charge on any atom is -0.391 e. The fourth-order valence-electron chi connectivity index (χ4n) is 2.44. The minimum atomic E-state index is -1.16. The van der Waals surface area contributed by atoms with Gasteiger partial charge in [-0.15, -0.1) is 0 Å². The summed E-state index contributed by atoms with van der Waals surface area (Å²) in [6.45, 7) is 4.94. The SMILES string of the molecule is CCCCCCC(CN)C(=O)N[C@H](C(=O)N[C@H](CN)C(C)=O)[C@H](C)O. The van der Waals surface area contributed by atoms with Gasteiger partial charge in [-0.1, -0.05) is 32.6 Å². The van der Waals surface area contributed by atoms with Crippen molar-refractivity contribution in [3.63, 3.8) is 0 Å². The molecule has 0 fully saturated rings. The lowest BCUT2D eigenvalue weighted by Crippen LogP contribution is -2.57. The summed E-state index contributed by atoms with van der Waals surface area (Å²) < 4.78 is 0. The number of amides is 2. The van der Waals surface area contributed by atoms with Gasteiger partial charge in [0.15, 0.2) is 5.78 Å². The molecular formula is C17H34N4O4. The second-order valence-electron chi connectivity index (χ2n) is 6.42. The topological polar surface area (TPSA) is 148 Å². The summed E-state index contributed by atoms with van der Waals surface area (Å²) in [4.78, 5) is 36.0. The van der Waals surface area contributed by atoms with Crippen LogP contribution in [0.1, 0.15) is 52.9 Å². The summed E-state index contributed by atoms with van der Waals surface area (Å²) in [6.07, 6.45) is 3.62. The maximum Gasteiger partial charge on any atom is 0.245 e. The molecule has 0 aliphatic rings. The Morgan fingerprint density at radius 1 is 1.00 bits per heavy atom. The van der Waals surface area contributed by atoms with Gasteiger partial charge in [-0.2, -0.15) is 0 Å². The normalized spacial score (nSPS) is 15.8. The van der Waals surface area contributed by atoms with Crippen molar-refractivity contribution in [1.29, 1.82) is 0 Å². The zero-order chi connectivity index (χ0) is 19.4. The molecule has 0 aromatic heterocycles. The van der Waals surface area contributed by atoms with Gasteiger partial charge in [0.25, 0.3) is 0 Å². The number of carbonyl (C=O) groups is 3. The Balaban J connectivity index is 4.78. The highest BCUT2D eigenvalue weighted by molar-refractivity contribution is 5.92. The van der Waals surface area contributed by atoms with E-state index in [9.17, 15) is 19.5 Å². The molecule has 0 aliphatic heterocycles. The molecule has 0 heterocycles. The van der Waals surface area contributed by atoms with E-state index in [1.807, 2.05) is 0 Å². The number of nitrogens with two attached hydrogens (primary N) is 2. The van der Waals surface area contributed by atoms with E-state index in [4.69, 9.17) is 11.5 Å². The van der Waals surface area contributed by atoms with E-state index in [2.05, 4.69) is 17.6 Å². The largest absolute Gasteiger partial charge is 0.391 e. The van der Waals surface area contributed by atoms with E-state index in [0.717, 1.165) is 25.7 Å². The fraction of sp³-hybridized carbons (Fsp3) is 0.824. The molecule has 0 saturated heterocycles. The first-order chi connectivity index (χ1) is 11.8. The van der Waals surface area contributed by atoms with Crippen LogP contribution in [0.4, 0.5) is 0 Å². The van der Waals surface area contributed by atoms with Crippen LogP contribution in [-0.2, 0) is 14.4 Å². The van der Waals surface area contributed by atoms with Gasteiger partial charge in [-0.05, 0) is 20.3 Å². The first-order valence-electron chi connectivity index (χ1n) is 8.97. The van der Waals surface area contributed by atoms with E-state index in [-0.39, 0.29) is 24.8 Å². The van der Waals surface area contributed by atoms with E-state index < -0.39 is 30.0 Å².